The molecule has 0 aliphatic rings. The molecule has 1 N–H and O–H groups in total. The van der Waals surface area contributed by atoms with Crippen molar-refractivity contribution in [3.8, 4) is 0 Å². The standard InChI is InChI=1S/C23H29FN2O2S/c1-16(2)25-23(28)18(4)26(13-20-8-6-5-7-17(20)3)22(27)15-29-14-19-9-11-21(24)12-10-19/h5-12,16,18H,13-15H2,1-4H3,(H,25,28). The Hall–Kier alpha value is -2.34. The first-order valence-corrected chi connectivity index (χ1v) is 10.9. The van der Waals surface area contributed by atoms with E-state index in [9.17, 15) is 14.0 Å². The molecule has 0 heterocycles. The molecule has 0 spiro atoms. The minimum atomic E-state index is -0.573. The van der Waals surface area contributed by atoms with Crippen LogP contribution in [0.2, 0.25) is 0 Å². The van der Waals surface area contributed by atoms with Gasteiger partial charge in [-0.1, -0.05) is 36.4 Å². The van der Waals surface area contributed by atoms with Crippen LogP contribution in [-0.4, -0.2) is 34.6 Å². The molecule has 156 valence electrons. The van der Waals surface area contributed by atoms with Gasteiger partial charge in [-0.2, -0.15) is 0 Å². The summed E-state index contributed by atoms with van der Waals surface area (Å²) in [6, 6.07) is 13.6. The van der Waals surface area contributed by atoms with E-state index in [4.69, 9.17) is 0 Å². The van der Waals surface area contributed by atoms with Gasteiger partial charge in [0.2, 0.25) is 11.8 Å². The summed E-state index contributed by atoms with van der Waals surface area (Å²) in [5, 5.41) is 2.89. The van der Waals surface area contributed by atoms with Crippen molar-refractivity contribution in [2.24, 2.45) is 0 Å². The number of hydrogen-bond acceptors (Lipinski definition) is 3. The Morgan fingerprint density at radius 1 is 1.07 bits per heavy atom. The van der Waals surface area contributed by atoms with Gasteiger partial charge in [-0.15, -0.1) is 11.8 Å². The number of amides is 2. The second-order valence-electron chi connectivity index (χ2n) is 7.41. The van der Waals surface area contributed by atoms with Crippen LogP contribution in [0.15, 0.2) is 48.5 Å². The second-order valence-corrected chi connectivity index (χ2v) is 8.39. The molecule has 1 unspecified atom stereocenters. The summed E-state index contributed by atoms with van der Waals surface area (Å²) in [5.74, 6) is 0.334. The maximum Gasteiger partial charge on any atom is 0.242 e. The van der Waals surface area contributed by atoms with Gasteiger partial charge in [0.1, 0.15) is 11.9 Å². The van der Waals surface area contributed by atoms with E-state index in [1.807, 2.05) is 45.0 Å². The highest BCUT2D eigenvalue weighted by Crippen LogP contribution is 2.18. The normalized spacial score (nSPS) is 11.9. The Morgan fingerprint density at radius 2 is 1.72 bits per heavy atom. The minimum absolute atomic E-state index is 0.00761. The summed E-state index contributed by atoms with van der Waals surface area (Å²) in [6.07, 6.45) is 0. The van der Waals surface area contributed by atoms with Gasteiger partial charge in [0.25, 0.3) is 0 Å². The molecular formula is C23H29FN2O2S. The summed E-state index contributed by atoms with van der Waals surface area (Å²) in [7, 11) is 0. The highest BCUT2D eigenvalue weighted by Gasteiger charge is 2.26. The zero-order chi connectivity index (χ0) is 21.4. The number of nitrogens with zero attached hydrogens (tertiary/aromatic N) is 1. The van der Waals surface area contributed by atoms with Crippen molar-refractivity contribution in [2.75, 3.05) is 5.75 Å². The van der Waals surface area contributed by atoms with Crippen LogP contribution in [0.1, 0.15) is 37.5 Å². The number of carbonyl (C=O) groups excluding carboxylic acids is 2. The van der Waals surface area contributed by atoms with Crippen molar-refractivity contribution in [3.05, 3.63) is 71.0 Å². The van der Waals surface area contributed by atoms with Gasteiger partial charge >= 0.3 is 0 Å². The molecule has 6 heteroatoms. The molecule has 29 heavy (non-hydrogen) atoms. The first-order valence-electron chi connectivity index (χ1n) is 9.74. The number of rotatable bonds is 9. The largest absolute Gasteiger partial charge is 0.352 e. The molecule has 0 bridgehead atoms. The van der Waals surface area contributed by atoms with Crippen LogP contribution in [0.25, 0.3) is 0 Å². The third kappa shape index (κ3) is 7.20. The molecule has 4 nitrogen and oxygen atoms in total. The van der Waals surface area contributed by atoms with Gasteiger partial charge in [-0.3, -0.25) is 9.59 Å². The smallest absolute Gasteiger partial charge is 0.242 e. The lowest BCUT2D eigenvalue weighted by molar-refractivity contribution is -0.138. The number of benzene rings is 2. The predicted molar refractivity (Wildman–Crippen MR) is 117 cm³/mol. The first-order chi connectivity index (χ1) is 13.8. The second kappa shape index (κ2) is 11.0. The van der Waals surface area contributed by atoms with E-state index in [0.29, 0.717) is 12.3 Å². The van der Waals surface area contributed by atoms with Gasteiger partial charge in [0.15, 0.2) is 0 Å². The van der Waals surface area contributed by atoms with Crippen molar-refractivity contribution in [1.29, 1.82) is 0 Å². The highest BCUT2D eigenvalue weighted by molar-refractivity contribution is 7.99. The molecule has 1 atom stereocenters. The number of carbonyl (C=O) groups is 2. The van der Waals surface area contributed by atoms with Crippen LogP contribution in [0.4, 0.5) is 4.39 Å². The first kappa shape index (κ1) is 22.9. The Balaban J connectivity index is 2.07. The Labute approximate surface area is 176 Å². The summed E-state index contributed by atoms with van der Waals surface area (Å²) >= 11 is 1.46. The summed E-state index contributed by atoms with van der Waals surface area (Å²) in [4.78, 5) is 27.2. The lowest BCUT2D eigenvalue weighted by atomic mass is 10.1. The number of hydrogen-bond donors (Lipinski definition) is 1. The molecule has 2 aromatic rings. The van der Waals surface area contributed by atoms with Gasteiger partial charge in [-0.05, 0) is 56.5 Å². The number of halogens is 1. The Bertz CT molecular complexity index is 824. The average molecular weight is 417 g/mol. The van der Waals surface area contributed by atoms with Crippen molar-refractivity contribution in [2.45, 2.75) is 52.1 Å². The highest BCUT2D eigenvalue weighted by atomic mass is 32.2. The Morgan fingerprint density at radius 3 is 2.34 bits per heavy atom. The molecule has 0 aromatic heterocycles. The summed E-state index contributed by atoms with van der Waals surface area (Å²) < 4.78 is 13.0. The third-order valence-corrected chi connectivity index (χ3v) is 5.60. The molecule has 2 aromatic carbocycles. The van der Waals surface area contributed by atoms with Crippen molar-refractivity contribution < 1.29 is 14.0 Å². The molecule has 0 fully saturated rings. The topological polar surface area (TPSA) is 49.4 Å². The number of aryl methyl sites for hydroxylation is 1. The number of thioether (sulfide) groups is 1. The van der Waals surface area contributed by atoms with E-state index in [-0.39, 0.29) is 29.4 Å². The zero-order valence-corrected chi connectivity index (χ0v) is 18.3. The fourth-order valence-electron chi connectivity index (χ4n) is 2.88. The van der Waals surface area contributed by atoms with E-state index in [2.05, 4.69) is 5.32 Å². The van der Waals surface area contributed by atoms with Crippen LogP contribution in [0.5, 0.6) is 0 Å². The molecular weight excluding hydrogens is 387 g/mol. The molecule has 2 rings (SSSR count). The van der Waals surface area contributed by atoms with Gasteiger partial charge in [0, 0.05) is 18.3 Å². The zero-order valence-electron chi connectivity index (χ0n) is 17.4. The van der Waals surface area contributed by atoms with E-state index in [1.165, 1.54) is 23.9 Å². The van der Waals surface area contributed by atoms with Crippen molar-refractivity contribution in [3.63, 3.8) is 0 Å². The van der Waals surface area contributed by atoms with E-state index in [0.717, 1.165) is 16.7 Å². The molecule has 0 aliphatic heterocycles. The van der Waals surface area contributed by atoms with Gasteiger partial charge in [-0.25, -0.2) is 4.39 Å². The fraction of sp³-hybridized carbons (Fsp3) is 0.391. The quantitative estimate of drug-likeness (QED) is 0.663. The van der Waals surface area contributed by atoms with Gasteiger partial charge in [0.05, 0.1) is 5.75 Å². The number of nitrogens with one attached hydrogen (secondary N) is 1. The van der Waals surface area contributed by atoms with E-state index >= 15 is 0 Å². The molecule has 0 saturated heterocycles. The fourth-order valence-corrected chi connectivity index (χ4v) is 3.75. The maximum absolute atomic E-state index is 13.0. The summed E-state index contributed by atoms with van der Waals surface area (Å²) in [5.41, 5.74) is 3.06. The average Bonchev–Trinajstić information content (AvgIpc) is 2.67. The lowest BCUT2D eigenvalue weighted by Gasteiger charge is -2.30. The molecule has 2 amide bonds. The van der Waals surface area contributed by atoms with Crippen LogP contribution in [0.3, 0.4) is 0 Å². The lowest BCUT2D eigenvalue weighted by Crippen LogP contribution is -2.49. The summed E-state index contributed by atoms with van der Waals surface area (Å²) in [6.45, 7) is 7.95. The van der Waals surface area contributed by atoms with Crippen LogP contribution in [-0.2, 0) is 21.9 Å². The van der Waals surface area contributed by atoms with Gasteiger partial charge < -0.3 is 10.2 Å². The predicted octanol–water partition coefficient (Wildman–Crippen LogP) is 4.31. The monoisotopic (exact) mass is 416 g/mol. The van der Waals surface area contributed by atoms with Crippen LogP contribution < -0.4 is 5.32 Å². The van der Waals surface area contributed by atoms with E-state index in [1.54, 1.807) is 24.0 Å². The Kier molecular flexibility index (Phi) is 8.70. The molecule has 0 radical (unpaired) electrons. The third-order valence-electron chi connectivity index (χ3n) is 4.61. The molecule has 0 saturated carbocycles. The maximum atomic E-state index is 13.0. The van der Waals surface area contributed by atoms with Crippen molar-refractivity contribution >= 4 is 23.6 Å². The van der Waals surface area contributed by atoms with Crippen molar-refractivity contribution in [1.82, 2.24) is 10.2 Å². The molecule has 0 aliphatic carbocycles. The van der Waals surface area contributed by atoms with Crippen LogP contribution in [0, 0.1) is 12.7 Å². The van der Waals surface area contributed by atoms with E-state index < -0.39 is 6.04 Å². The SMILES string of the molecule is Cc1ccccc1CN(C(=O)CSCc1ccc(F)cc1)C(C)C(=O)NC(C)C. The van der Waals surface area contributed by atoms with Crippen LogP contribution >= 0.6 is 11.8 Å². The minimum Gasteiger partial charge on any atom is -0.352 e.